The fourth-order valence-corrected chi connectivity index (χ4v) is 3.74. The molecular weight excluding hydrogens is 316 g/mol. The van der Waals surface area contributed by atoms with Crippen molar-refractivity contribution in [2.24, 2.45) is 0 Å². The lowest BCUT2D eigenvalue weighted by atomic mass is 10.1. The van der Waals surface area contributed by atoms with Crippen LogP contribution in [0.15, 0.2) is 30.3 Å². The Balaban J connectivity index is 1.73. The number of rotatable bonds is 4. The Morgan fingerprint density at radius 1 is 0.960 bits per heavy atom. The van der Waals surface area contributed by atoms with Gasteiger partial charge < -0.3 is 14.5 Å². The fourth-order valence-electron chi connectivity index (χ4n) is 3.74. The van der Waals surface area contributed by atoms with Crippen LogP contribution in [0.5, 0.6) is 0 Å². The number of benzene rings is 1. The van der Waals surface area contributed by atoms with Gasteiger partial charge in [-0.15, -0.1) is 0 Å². The first-order chi connectivity index (χ1) is 12.1. The average molecular weight is 344 g/mol. The van der Waals surface area contributed by atoms with E-state index in [2.05, 4.69) is 0 Å². The summed E-state index contributed by atoms with van der Waals surface area (Å²) < 4.78 is 6.26. The number of ether oxygens (including phenoxy) is 1. The van der Waals surface area contributed by atoms with Gasteiger partial charge in [0.1, 0.15) is 0 Å². The van der Waals surface area contributed by atoms with Crippen molar-refractivity contribution in [2.45, 2.75) is 51.2 Å². The quantitative estimate of drug-likeness (QED) is 0.844. The molecule has 2 fully saturated rings. The van der Waals surface area contributed by atoms with Crippen LogP contribution in [0.3, 0.4) is 0 Å². The molecule has 1 aliphatic heterocycles. The average Bonchev–Trinajstić information content (AvgIpc) is 3.01. The van der Waals surface area contributed by atoms with Crippen LogP contribution in [0.2, 0.25) is 0 Å². The molecule has 1 aromatic rings. The van der Waals surface area contributed by atoms with Gasteiger partial charge in [-0.1, -0.05) is 43.2 Å². The standard InChI is InChI=1S/C20H28N2O3/c1-16(23)21-12-7-13-22(15-14-21)20(24)19(17-8-3-2-4-9-17)25-18-10-5-6-11-18/h2-4,8-9,18-19H,5-7,10-15H2,1H3. The summed E-state index contributed by atoms with van der Waals surface area (Å²) >= 11 is 0. The third-order valence-electron chi connectivity index (χ3n) is 5.21. The molecule has 0 spiro atoms. The SMILES string of the molecule is CC(=O)N1CCCN(C(=O)C(OC2CCCC2)c2ccccc2)CC1. The van der Waals surface area contributed by atoms with Crippen molar-refractivity contribution in [1.29, 1.82) is 0 Å². The van der Waals surface area contributed by atoms with Crippen molar-refractivity contribution >= 4 is 11.8 Å². The summed E-state index contributed by atoms with van der Waals surface area (Å²) in [7, 11) is 0. The molecule has 136 valence electrons. The number of carbonyl (C=O) groups excluding carboxylic acids is 2. The molecule has 0 N–H and O–H groups in total. The summed E-state index contributed by atoms with van der Waals surface area (Å²) in [6.07, 6.45) is 4.89. The van der Waals surface area contributed by atoms with Crippen molar-refractivity contribution in [3.8, 4) is 0 Å². The smallest absolute Gasteiger partial charge is 0.256 e. The normalized spacial score (nSPS) is 20.4. The van der Waals surface area contributed by atoms with Gasteiger partial charge in [0.15, 0.2) is 6.10 Å². The summed E-state index contributed by atoms with van der Waals surface area (Å²) in [6.45, 7) is 4.17. The minimum atomic E-state index is -0.534. The number of nitrogens with zero attached hydrogens (tertiary/aromatic N) is 2. The molecule has 25 heavy (non-hydrogen) atoms. The summed E-state index contributed by atoms with van der Waals surface area (Å²) in [5, 5.41) is 0. The second kappa shape index (κ2) is 8.48. The lowest BCUT2D eigenvalue weighted by Gasteiger charge is -2.28. The van der Waals surface area contributed by atoms with Crippen LogP contribution in [0, 0.1) is 0 Å². The second-order valence-corrected chi connectivity index (χ2v) is 7.02. The Kier molecular flexibility index (Phi) is 6.08. The van der Waals surface area contributed by atoms with Crippen molar-refractivity contribution in [1.82, 2.24) is 9.80 Å². The maximum atomic E-state index is 13.2. The van der Waals surface area contributed by atoms with E-state index >= 15 is 0 Å². The lowest BCUT2D eigenvalue weighted by Crippen LogP contribution is -2.40. The maximum absolute atomic E-state index is 13.2. The summed E-state index contributed by atoms with van der Waals surface area (Å²) in [4.78, 5) is 28.5. The van der Waals surface area contributed by atoms with E-state index in [1.54, 1.807) is 6.92 Å². The predicted octanol–water partition coefficient (Wildman–Crippen LogP) is 2.77. The van der Waals surface area contributed by atoms with E-state index in [1.807, 2.05) is 40.1 Å². The van der Waals surface area contributed by atoms with Gasteiger partial charge in [0.2, 0.25) is 5.91 Å². The number of amides is 2. The van der Waals surface area contributed by atoms with Crippen LogP contribution in [0.25, 0.3) is 0 Å². The minimum Gasteiger partial charge on any atom is -0.360 e. The molecule has 2 aliphatic rings. The molecule has 0 bridgehead atoms. The molecular formula is C20H28N2O3. The molecule has 1 aromatic carbocycles. The molecule has 1 saturated carbocycles. The summed E-state index contributed by atoms with van der Waals surface area (Å²) in [5.74, 6) is 0.111. The lowest BCUT2D eigenvalue weighted by molar-refractivity contribution is -0.148. The minimum absolute atomic E-state index is 0.0310. The van der Waals surface area contributed by atoms with Crippen LogP contribution in [-0.4, -0.2) is 53.9 Å². The third kappa shape index (κ3) is 4.60. The fraction of sp³-hybridized carbons (Fsp3) is 0.600. The number of hydrogen-bond acceptors (Lipinski definition) is 3. The van der Waals surface area contributed by atoms with Gasteiger partial charge in [-0.3, -0.25) is 9.59 Å². The molecule has 5 heteroatoms. The Morgan fingerprint density at radius 2 is 1.60 bits per heavy atom. The highest BCUT2D eigenvalue weighted by Gasteiger charge is 2.31. The summed E-state index contributed by atoms with van der Waals surface area (Å²) in [6, 6.07) is 9.80. The van der Waals surface area contributed by atoms with Crippen molar-refractivity contribution < 1.29 is 14.3 Å². The molecule has 1 atom stereocenters. The first-order valence-electron chi connectivity index (χ1n) is 9.40. The molecule has 5 nitrogen and oxygen atoms in total. The zero-order valence-corrected chi connectivity index (χ0v) is 15.0. The number of hydrogen-bond donors (Lipinski definition) is 0. The van der Waals surface area contributed by atoms with Crippen LogP contribution in [0.4, 0.5) is 0 Å². The van der Waals surface area contributed by atoms with Crippen LogP contribution < -0.4 is 0 Å². The highest BCUT2D eigenvalue weighted by molar-refractivity contribution is 5.82. The monoisotopic (exact) mass is 344 g/mol. The largest absolute Gasteiger partial charge is 0.360 e. The van der Waals surface area contributed by atoms with Gasteiger partial charge in [-0.05, 0) is 24.8 Å². The highest BCUT2D eigenvalue weighted by atomic mass is 16.5. The van der Waals surface area contributed by atoms with Gasteiger partial charge >= 0.3 is 0 Å². The van der Waals surface area contributed by atoms with Crippen molar-refractivity contribution in [3.05, 3.63) is 35.9 Å². The Labute approximate surface area is 149 Å². The Morgan fingerprint density at radius 3 is 2.28 bits per heavy atom. The van der Waals surface area contributed by atoms with E-state index in [0.29, 0.717) is 19.6 Å². The van der Waals surface area contributed by atoms with E-state index in [1.165, 1.54) is 12.8 Å². The topological polar surface area (TPSA) is 49.9 Å². The van der Waals surface area contributed by atoms with E-state index in [0.717, 1.165) is 31.4 Å². The molecule has 0 radical (unpaired) electrons. The van der Waals surface area contributed by atoms with Crippen molar-refractivity contribution in [2.75, 3.05) is 26.2 Å². The zero-order chi connectivity index (χ0) is 17.6. The van der Waals surface area contributed by atoms with Crippen LogP contribution >= 0.6 is 0 Å². The van der Waals surface area contributed by atoms with Crippen molar-refractivity contribution in [3.63, 3.8) is 0 Å². The zero-order valence-electron chi connectivity index (χ0n) is 15.0. The van der Waals surface area contributed by atoms with Gasteiger partial charge in [-0.2, -0.15) is 0 Å². The molecule has 2 amide bonds. The molecule has 1 saturated heterocycles. The first kappa shape index (κ1) is 17.9. The van der Waals surface area contributed by atoms with E-state index in [4.69, 9.17) is 4.74 Å². The van der Waals surface area contributed by atoms with E-state index < -0.39 is 6.10 Å². The third-order valence-corrected chi connectivity index (χ3v) is 5.21. The van der Waals surface area contributed by atoms with Gasteiger partial charge in [0.25, 0.3) is 5.91 Å². The second-order valence-electron chi connectivity index (χ2n) is 7.02. The highest BCUT2D eigenvalue weighted by Crippen LogP contribution is 2.29. The van der Waals surface area contributed by atoms with Gasteiger partial charge in [0.05, 0.1) is 6.10 Å². The number of carbonyl (C=O) groups is 2. The van der Waals surface area contributed by atoms with Gasteiger partial charge in [-0.25, -0.2) is 0 Å². The van der Waals surface area contributed by atoms with Crippen LogP contribution in [-0.2, 0) is 14.3 Å². The molecule has 1 heterocycles. The predicted molar refractivity (Wildman–Crippen MR) is 96.0 cm³/mol. The molecule has 1 aliphatic carbocycles. The molecule has 3 rings (SSSR count). The maximum Gasteiger partial charge on any atom is 0.256 e. The van der Waals surface area contributed by atoms with E-state index in [9.17, 15) is 9.59 Å². The molecule has 1 unspecified atom stereocenters. The Bertz CT molecular complexity index is 584. The van der Waals surface area contributed by atoms with E-state index in [-0.39, 0.29) is 17.9 Å². The Hall–Kier alpha value is -1.88. The van der Waals surface area contributed by atoms with Gasteiger partial charge in [0, 0.05) is 33.1 Å². The summed E-state index contributed by atoms with van der Waals surface area (Å²) in [5.41, 5.74) is 0.923. The first-order valence-corrected chi connectivity index (χ1v) is 9.40. The molecule has 0 aromatic heterocycles. The van der Waals surface area contributed by atoms with Crippen LogP contribution in [0.1, 0.15) is 50.7 Å².